The average Bonchev–Trinajstić information content (AvgIpc) is 3.32. The van der Waals surface area contributed by atoms with Gasteiger partial charge in [-0.1, -0.05) is 200 Å². The Balaban J connectivity index is 1.37. The molecule has 0 amide bonds. The number of piperidine rings is 2. The van der Waals surface area contributed by atoms with Gasteiger partial charge in [0.05, 0.1) is 24.2 Å². The number of carbonyl (C=O) groups excluding carboxylic acids is 1. The Morgan fingerprint density at radius 2 is 0.781 bits per heavy atom. The maximum Gasteiger partial charge on any atom is 0.171 e. The minimum Gasteiger partial charge on any atom is -0.376 e. The Kier molecular flexibility index (Phi) is 14.2. The third kappa shape index (κ3) is 10.5. The maximum absolute atomic E-state index is 17.3. The lowest BCUT2D eigenvalue weighted by Crippen LogP contribution is -2.60. The predicted molar refractivity (Wildman–Crippen MR) is 268 cm³/mol. The van der Waals surface area contributed by atoms with Crippen molar-refractivity contribution in [3.05, 3.63) is 203 Å². The van der Waals surface area contributed by atoms with E-state index in [-0.39, 0.29) is 40.8 Å². The highest BCUT2D eigenvalue weighted by Crippen LogP contribution is 2.43. The van der Waals surface area contributed by atoms with Crippen molar-refractivity contribution in [3.8, 4) is 0 Å². The number of nitrogens with zero attached hydrogens (tertiary/aromatic N) is 2. The second-order valence-corrected chi connectivity index (χ2v) is 20.3. The summed E-state index contributed by atoms with van der Waals surface area (Å²) in [5, 5.41) is 8.11. The molecule has 2 N–H and O–H groups in total. The van der Waals surface area contributed by atoms with E-state index < -0.39 is 12.1 Å². The van der Waals surface area contributed by atoms with Crippen LogP contribution in [0.15, 0.2) is 170 Å². The molecular weight excluding hydrogens is 781 g/mol. The van der Waals surface area contributed by atoms with Crippen molar-refractivity contribution < 1.29 is 4.79 Å². The van der Waals surface area contributed by atoms with Crippen molar-refractivity contribution in [2.75, 3.05) is 23.7 Å². The van der Waals surface area contributed by atoms with Crippen molar-refractivity contribution in [3.63, 3.8) is 0 Å². The van der Waals surface area contributed by atoms with Crippen molar-refractivity contribution >= 4 is 17.2 Å². The SMILES string of the molecule is CC(C)(C)c1ccc(C(Nc2ccccc2)C(C(=O)C(C(Nc2ccccc2)c2ccc(C(C)(C)C)cc2)N2CCCCC2c2ccccc2)N2CCCCC2c2ccccc2)cc1. The Hall–Kier alpha value is -5.49. The summed E-state index contributed by atoms with van der Waals surface area (Å²) in [6.45, 7) is 15.3. The molecule has 5 nitrogen and oxygen atoms in total. The third-order valence-corrected chi connectivity index (χ3v) is 13.8. The van der Waals surface area contributed by atoms with E-state index in [0.717, 1.165) is 74.1 Å². The number of hydrogen-bond acceptors (Lipinski definition) is 5. The molecule has 5 heteroatoms. The van der Waals surface area contributed by atoms with Crippen LogP contribution in [0.25, 0.3) is 0 Å². The smallest absolute Gasteiger partial charge is 0.171 e. The van der Waals surface area contributed by atoms with Crippen LogP contribution in [-0.2, 0) is 15.6 Å². The molecule has 0 radical (unpaired) electrons. The quantitative estimate of drug-likeness (QED) is 0.114. The van der Waals surface area contributed by atoms with Crippen LogP contribution in [0, 0.1) is 0 Å². The summed E-state index contributed by atoms with van der Waals surface area (Å²) < 4.78 is 0. The second-order valence-electron chi connectivity index (χ2n) is 20.3. The van der Waals surface area contributed by atoms with E-state index in [4.69, 9.17) is 0 Å². The number of para-hydroxylation sites is 2. The van der Waals surface area contributed by atoms with E-state index in [1.165, 1.54) is 22.3 Å². The summed E-state index contributed by atoms with van der Waals surface area (Å²) in [5.74, 6) is 0.243. The van der Waals surface area contributed by atoms with Crippen LogP contribution >= 0.6 is 0 Å². The fourth-order valence-corrected chi connectivity index (χ4v) is 10.4. The molecule has 2 fully saturated rings. The zero-order chi connectivity index (χ0) is 44.7. The summed E-state index contributed by atoms with van der Waals surface area (Å²) in [6, 6.07) is 59.7. The molecule has 2 saturated heterocycles. The van der Waals surface area contributed by atoms with Crippen molar-refractivity contribution in [1.82, 2.24) is 9.80 Å². The molecule has 6 aromatic carbocycles. The summed E-state index contributed by atoms with van der Waals surface area (Å²) >= 11 is 0. The van der Waals surface area contributed by atoms with Crippen LogP contribution < -0.4 is 10.6 Å². The number of ketones is 1. The minimum absolute atomic E-state index is 0.00788. The molecular formula is C59H70N4O. The standard InChI is InChI=1S/C59H70N4O/c1-58(2,3)47-37-33-45(34-38-47)53(60-49-27-15-9-16-28-49)55(62-41-21-19-31-51(62)43-23-11-7-12-24-43)57(64)56(63-42-22-20-32-52(63)44-25-13-8-14-26-44)54(61-50-29-17-10-18-30-50)46-35-39-48(40-36-46)59(4,5)6/h7-18,23-30,33-40,51-56,60-61H,19-22,31-32,41-42H2,1-6H3. The van der Waals surface area contributed by atoms with E-state index in [2.05, 4.69) is 232 Å². The molecule has 2 aliphatic rings. The fraction of sp³-hybridized carbons (Fsp3) is 0.373. The molecule has 6 aromatic rings. The van der Waals surface area contributed by atoms with Gasteiger partial charge in [-0.25, -0.2) is 0 Å². The van der Waals surface area contributed by atoms with Gasteiger partial charge < -0.3 is 10.6 Å². The largest absolute Gasteiger partial charge is 0.376 e. The van der Waals surface area contributed by atoms with E-state index in [1.54, 1.807) is 0 Å². The first-order valence-corrected chi connectivity index (χ1v) is 23.9. The lowest BCUT2D eigenvalue weighted by molar-refractivity contribution is -0.134. The number of carbonyl (C=O) groups is 1. The normalized spacial score (nSPS) is 19.5. The van der Waals surface area contributed by atoms with E-state index >= 15 is 4.79 Å². The highest BCUT2D eigenvalue weighted by molar-refractivity contribution is 5.92. The van der Waals surface area contributed by atoms with Crippen LogP contribution in [0.3, 0.4) is 0 Å². The third-order valence-electron chi connectivity index (χ3n) is 13.8. The first-order valence-electron chi connectivity index (χ1n) is 23.9. The van der Waals surface area contributed by atoms with Gasteiger partial charge in [0.25, 0.3) is 0 Å². The number of anilines is 2. The summed E-state index contributed by atoms with van der Waals surface area (Å²) in [5.41, 5.74) is 9.33. The summed E-state index contributed by atoms with van der Waals surface area (Å²) in [4.78, 5) is 22.5. The lowest BCUT2D eigenvalue weighted by atomic mass is 9.80. The van der Waals surface area contributed by atoms with Crippen LogP contribution in [-0.4, -0.2) is 40.8 Å². The topological polar surface area (TPSA) is 47.6 Å². The van der Waals surface area contributed by atoms with Gasteiger partial charge in [0.15, 0.2) is 5.78 Å². The molecule has 0 spiro atoms. The number of Topliss-reactive ketones (excluding diaryl/α,β-unsaturated/α-hetero) is 1. The van der Waals surface area contributed by atoms with E-state index in [1.807, 2.05) is 0 Å². The van der Waals surface area contributed by atoms with Gasteiger partial charge in [-0.05, 0) is 107 Å². The van der Waals surface area contributed by atoms with E-state index in [9.17, 15) is 0 Å². The molecule has 0 aromatic heterocycles. The van der Waals surface area contributed by atoms with Crippen LogP contribution in [0.4, 0.5) is 11.4 Å². The highest BCUT2D eigenvalue weighted by atomic mass is 16.1. The molecule has 6 unspecified atom stereocenters. The van der Waals surface area contributed by atoms with Crippen LogP contribution in [0.2, 0.25) is 0 Å². The fourth-order valence-electron chi connectivity index (χ4n) is 10.4. The molecule has 0 saturated carbocycles. The molecule has 2 heterocycles. The van der Waals surface area contributed by atoms with Gasteiger partial charge in [0, 0.05) is 23.5 Å². The summed E-state index contributed by atoms with van der Waals surface area (Å²) in [6.07, 6.45) is 6.31. The molecule has 2 aliphatic heterocycles. The monoisotopic (exact) mass is 851 g/mol. The number of hydrogen-bond donors (Lipinski definition) is 2. The van der Waals surface area contributed by atoms with Gasteiger partial charge in [0.2, 0.25) is 0 Å². The van der Waals surface area contributed by atoms with Gasteiger partial charge >= 0.3 is 0 Å². The van der Waals surface area contributed by atoms with Crippen LogP contribution in [0.1, 0.15) is 138 Å². The molecule has 8 rings (SSSR count). The Labute approximate surface area is 384 Å². The maximum atomic E-state index is 17.3. The first-order chi connectivity index (χ1) is 31.0. The Morgan fingerprint density at radius 1 is 0.453 bits per heavy atom. The lowest BCUT2D eigenvalue weighted by Gasteiger charge is -2.49. The Morgan fingerprint density at radius 3 is 1.11 bits per heavy atom. The zero-order valence-corrected chi connectivity index (χ0v) is 39.1. The number of benzene rings is 6. The Bertz CT molecular complexity index is 2180. The predicted octanol–water partition coefficient (Wildman–Crippen LogP) is 14.0. The molecule has 6 atom stereocenters. The van der Waals surface area contributed by atoms with E-state index in [0.29, 0.717) is 0 Å². The minimum atomic E-state index is -0.525. The first kappa shape index (κ1) is 45.1. The molecule has 332 valence electrons. The second kappa shape index (κ2) is 20.1. The van der Waals surface area contributed by atoms with Crippen molar-refractivity contribution in [1.29, 1.82) is 0 Å². The van der Waals surface area contributed by atoms with Gasteiger partial charge in [0.1, 0.15) is 0 Å². The average molecular weight is 851 g/mol. The van der Waals surface area contributed by atoms with Gasteiger partial charge in [-0.2, -0.15) is 0 Å². The van der Waals surface area contributed by atoms with Gasteiger partial charge in [-0.3, -0.25) is 14.6 Å². The number of rotatable bonds is 14. The van der Waals surface area contributed by atoms with Crippen molar-refractivity contribution in [2.24, 2.45) is 0 Å². The molecule has 64 heavy (non-hydrogen) atoms. The summed E-state index contributed by atoms with van der Waals surface area (Å²) in [7, 11) is 0. The molecule has 0 bridgehead atoms. The van der Waals surface area contributed by atoms with Crippen LogP contribution in [0.5, 0.6) is 0 Å². The molecule has 0 aliphatic carbocycles. The highest BCUT2D eigenvalue weighted by Gasteiger charge is 2.48. The number of nitrogens with one attached hydrogen (secondary N) is 2. The van der Waals surface area contributed by atoms with Gasteiger partial charge in [-0.15, -0.1) is 0 Å². The number of likely N-dealkylation sites (tertiary alicyclic amines) is 2. The zero-order valence-electron chi connectivity index (χ0n) is 39.1. The van der Waals surface area contributed by atoms with Crippen molar-refractivity contribution in [2.45, 2.75) is 127 Å².